The molecule has 10 rings (SSSR count). The number of aryl methyl sites for hydroxylation is 2. The van der Waals surface area contributed by atoms with Crippen LogP contribution in [0.15, 0.2) is 78.9 Å². The smallest absolute Gasteiger partial charge is 0.259 e. The summed E-state index contributed by atoms with van der Waals surface area (Å²) in [6.07, 6.45) is 5.61. The lowest BCUT2D eigenvalue weighted by Gasteiger charge is -2.53. The summed E-state index contributed by atoms with van der Waals surface area (Å²) in [5, 5.41) is 3.07. The lowest BCUT2D eigenvalue weighted by atomic mass is 9.73. The second-order valence-corrected chi connectivity index (χ2v) is 15.8. The normalized spacial score (nSPS) is 17.2. The van der Waals surface area contributed by atoms with Crippen molar-refractivity contribution in [1.29, 1.82) is 0 Å². The van der Waals surface area contributed by atoms with Gasteiger partial charge in [-0.15, -0.1) is 11.3 Å². The van der Waals surface area contributed by atoms with Crippen molar-refractivity contribution in [3.63, 3.8) is 0 Å². The van der Waals surface area contributed by atoms with Crippen LogP contribution in [0.4, 0.5) is 21.6 Å². The maximum absolute atomic E-state index is 14.8. The fourth-order valence-electron chi connectivity index (χ4n) is 8.47. The molecule has 0 saturated carbocycles. The van der Waals surface area contributed by atoms with E-state index in [1.807, 2.05) is 30.3 Å². The van der Waals surface area contributed by atoms with Gasteiger partial charge in [-0.1, -0.05) is 12.1 Å². The second kappa shape index (κ2) is 12.6. The third-order valence-electron chi connectivity index (χ3n) is 11.3. The van der Waals surface area contributed by atoms with Crippen molar-refractivity contribution in [3.8, 4) is 21.1 Å². The van der Waals surface area contributed by atoms with Gasteiger partial charge in [-0.3, -0.25) is 9.59 Å². The number of anilines is 3. The number of amides is 2. The minimum Gasteiger partial charge on any atom is -0.381 e. The van der Waals surface area contributed by atoms with Crippen LogP contribution in [0.5, 0.6) is 0 Å². The van der Waals surface area contributed by atoms with E-state index in [4.69, 9.17) is 14.7 Å². The standard InChI is InChI=1S/C42H37FN6O3S/c43-28-10-13-30-35(22-28)49(17-14-27-21-36(53-37(27)30)38-45-33-5-1-2-6-34(33)46-38)41(51)25-8-11-29(12-9-25)44-40(50)31-20-26-4-3-7-32(26)47-39(31)48-23-42(24-48)15-18-52-19-16-42/h1-2,5-6,8-13,20-22H,3-4,7,14-19,23-24H2,(H,44,50)(H,45,46). The Morgan fingerprint density at radius 2 is 1.74 bits per heavy atom. The zero-order valence-electron chi connectivity index (χ0n) is 29.1. The van der Waals surface area contributed by atoms with E-state index in [1.54, 1.807) is 46.6 Å². The van der Waals surface area contributed by atoms with Gasteiger partial charge in [-0.25, -0.2) is 14.4 Å². The van der Waals surface area contributed by atoms with E-state index in [0.717, 1.165) is 113 Å². The molecular formula is C42H37FN6O3S. The first-order chi connectivity index (χ1) is 25.9. The molecule has 2 amide bonds. The largest absolute Gasteiger partial charge is 0.381 e. The van der Waals surface area contributed by atoms with E-state index in [-0.39, 0.29) is 17.2 Å². The summed E-state index contributed by atoms with van der Waals surface area (Å²) in [7, 11) is 0. The summed E-state index contributed by atoms with van der Waals surface area (Å²) in [4.78, 5) is 47.1. The van der Waals surface area contributed by atoms with Crippen LogP contribution in [0, 0.1) is 11.2 Å². The predicted octanol–water partition coefficient (Wildman–Crippen LogP) is 8.05. The number of H-pyrrole nitrogens is 1. The van der Waals surface area contributed by atoms with Crippen molar-refractivity contribution in [2.75, 3.05) is 48.0 Å². The number of pyridine rings is 1. The summed E-state index contributed by atoms with van der Waals surface area (Å²) in [5.41, 5.74) is 8.44. The predicted molar refractivity (Wildman–Crippen MR) is 206 cm³/mol. The number of fused-ring (bicyclic) bond motifs is 5. The van der Waals surface area contributed by atoms with Gasteiger partial charge in [0.15, 0.2) is 0 Å². The highest BCUT2D eigenvalue weighted by Crippen LogP contribution is 2.45. The first kappa shape index (κ1) is 32.3. The number of hydrogen-bond donors (Lipinski definition) is 2. The molecular weight excluding hydrogens is 688 g/mol. The summed E-state index contributed by atoms with van der Waals surface area (Å²) >= 11 is 1.59. The van der Waals surface area contributed by atoms with E-state index in [0.29, 0.717) is 35.5 Å². The molecule has 1 spiro atoms. The van der Waals surface area contributed by atoms with Crippen LogP contribution in [0.3, 0.4) is 0 Å². The molecule has 3 aliphatic heterocycles. The Bertz CT molecular complexity index is 2390. The SMILES string of the molecule is O=C(Nc1ccc(C(=O)N2CCc3cc(-c4nc5ccccc5[nH]4)sc3-c3ccc(F)cc32)cc1)c1cc2c(nc1N1CC3(CCOCC3)C1)CCC2. The molecule has 0 radical (unpaired) electrons. The Morgan fingerprint density at radius 1 is 0.906 bits per heavy atom. The molecule has 2 N–H and O–H groups in total. The van der Waals surface area contributed by atoms with Gasteiger partial charge in [0, 0.05) is 65.6 Å². The fourth-order valence-corrected chi connectivity index (χ4v) is 9.66. The van der Waals surface area contributed by atoms with Crippen LogP contribution in [-0.4, -0.2) is 59.6 Å². The van der Waals surface area contributed by atoms with Crippen LogP contribution in [0.2, 0.25) is 0 Å². The van der Waals surface area contributed by atoms with Gasteiger partial charge in [0.05, 0.1) is 27.2 Å². The molecule has 266 valence electrons. The maximum atomic E-state index is 14.8. The number of aromatic nitrogens is 3. The summed E-state index contributed by atoms with van der Waals surface area (Å²) in [5.74, 6) is 0.711. The number of carbonyl (C=O) groups excluding carboxylic acids is 2. The molecule has 2 saturated heterocycles. The Hall–Kier alpha value is -5.39. The Kier molecular flexibility index (Phi) is 7.69. The van der Waals surface area contributed by atoms with Crippen molar-refractivity contribution < 1.29 is 18.7 Å². The fraction of sp³-hybridized carbons (Fsp3) is 0.286. The molecule has 0 bridgehead atoms. The summed E-state index contributed by atoms with van der Waals surface area (Å²) < 4.78 is 20.4. The number of rotatable bonds is 5. The molecule has 2 fully saturated rings. The molecule has 11 heteroatoms. The molecule has 0 unspecified atom stereocenters. The average Bonchev–Trinajstić information content (AvgIpc) is 3.91. The van der Waals surface area contributed by atoms with Gasteiger partial charge in [-0.2, -0.15) is 0 Å². The lowest BCUT2D eigenvalue weighted by molar-refractivity contribution is -0.000520. The quantitative estimate of drug-likeness (QED) is 0.187. The summed E-state index contributed by atoms with van der Waals surface area (Å²) in [6.45, 7) is 3.74. The van der Waals surface area contributed by atoms with Crippen molar-refractivity contribution in [1.82, 2.24) is 15.0 Å². The number of nitrogens with zero attached hydrogens (tertiary/aromatic N) is 4. The molecule has 1 aliphatic carbocycles. The second-order valence-electron chi connectivity index (χ2n) is 14.8. The van der Waals surface area contributed by atoms with Crippen molar-refractivity contribution in [2.45, 2.75) is 38.5 Å². The van der Waals surface area contributed by atoms with E-state index in [1.165, 1.54) is 12.1 Å². The van der Waals surface area contributed by atoms with Gasteiger partial charge in [0.2, 0.25) is 0 Å². The third-order valence-corrected chi connectivity index (χ3v) is 12.6. The van der Waals surface area contributed by atoms with Gasteiger partial charge >= 0.3 is 0 Å². The van der Waals surface area contributed by atoms with E-state index in [9.17, 15) is 14.0 Å². The molecule has 9 nitrogen and oxygen atoms in total. The van der Waals surface area contributed by atoms with Crippen LogP contribution in [0.25, 0.3) is 32.2 Å². The number of para-hydroxylation sites is 2. The Labute approximate surface area is 309 Å². The number of halogens is 1. The highest BCUT2D eigenvalue weighted by atomic mass is 32.1. The Balaban J connectivity index is 0.889. The van der Waals surface area contributed by atoms with Crippen LogP contribution < -0.4 is 15.1 Å². The number of nitrogens with one attached hydrogen (secondary N) is 2. The topological polar surface area (TPSA) is 103 Å². The van der Waals surface area contributed by atoms with Gasteiger partial charge in [-0.05, 0) is 116 Å². The van der Waals surface area contributed by atoms with Gasteiger partial charge < -0.3 is 24.8 Å². The molecule has 53 heavy (non-hydrogen) atoms. The molecule has 4 aliphatic rings. The van der Waals surface area contributed by atoms with Crippen LogP contribution >= 0.6 is 11.3 Å². The van der Waals surface area contributed by atoms with E-state index in [2.05, 4.69) is 21.3 Å². The zero-order chi connectivity index (χ0) is 35.7. The molecule has 3 aromatic heterocycles. The first-order valence-corrected chi connectivity index (χ1v) is 19.2. The molecule has 6 aromatic rings. The van der Waals surface area contributed by atoms with Crippen molar-refractivity contribution >= 4 is 51.4 Å². The molecule has 0 atom stereocenters. The maximum Gasteiger partial charge on any atom is 0.259 e. The number of benzene rings is 3. The Morgan fingerprint density at radius 3 is 2.57 bits per heavy atom. The highest BCUT2D eigenvalue weighted by molar-refractivity contribution is 7.19. The zero-order valence-corrected chi connectivity index (χ0v) is 29.9. The number of ether oxygens (including phenoxy) is 1. The van der Waals surface area contributed by atoms with Crippen molar-refractivity contribution in [3.05, 3.63) is 113 Å². The van der Waals surface area contributed by atoms with Crippen LogP contribution in [0.1, 0.15) is 56.8 Å². The molecule has 6 heterocycles. The average molecular weight is 725 g/mol. The first-order valence-electron chi connectivity index (χ1n) is 18.4. The van der Waals surface area contributed by atoms with Gasteiger partial charge in [0.25, 0.3) is 11.8 Å². The van der Waals surface area contributed by atoms with E-state index < -0.39 is 5.82 Å². The highest BCUT2D eigenvalue weighted by Gasteiger charge is 2.45. The number of hydrogen-bond acceptors (Lipinski definition) is 7. The van der Waals surface area contributed by atoms with Gasteiger partial charge in [0.1, 0.15) is 17.5 Å². The number of aromatic amines is 1. The number of imidazole rings is 1. The minimum atomic E-state index is -0.404. The summed E-state index contributed by atoms with van der Waals surface area (Å²) in [6, 6.07) is 23.7. The minimum absolute atomic E-state index is 0.209. The third kappa shape index (κ3) is 5.70. The van der Waals surface area contributed by atoms with Crippen molar-refractivity contribution in [2.24, 2.45) is 5.41 Å². The molecule has 3 aromatic carbocycles. The van der Waals surface area contributed by atoms with E-state index >= 15 is 0 Å². The monoisotopic (exact) mass is 724 g/mol. The lowest BCUT2D eigenvalue weighted by Crippen LogP contribution is -2.59. The van der Waals surface area contributed by atoms with Crippen LogP contribution in [-0.2, 0) is 24.0 Å². The number of thiophene rings is 1. The number of carbonyl (C=O) groups is 2.